The molecule has 1 aromatic heterocycles. The van der Waals surface area contributed by atoms with Gasteiger partial charge in [0.15, 0.2) is 0 Å². The van der Waals surface area contributed by atoms with Gasteiger partial charge in [0, 0.05) is 39.6 Å². The molecule has 2 aromatic carbocycles. The largest absolute Gasteiger partial charge is 0.456 e. The van der Waals surface area contributed by atoms with Crippen molar-refractivity contribution in [1.29, 1.82) is 5.26 Å². The number of likely N-dealkylation sites (N-methyl/N-ethyl adjacent to an activating group) is 1. The van der Waals surface area contributed by atoms with Crippen LogP contribution in [0.5, 0.6) is 11.5 Å². The maximum atomic E-state index is 13.4. The Morgan fingerprint density at radius 3 is 2.85 bits per heavy atom. The van der Waals surface area contributed by atoms with Crippen molar-refractivity contribution in [2.45, 2.75) is 31.2 Å². The summed E-state index contributed by atoms with van der Waals surface area (Å²) < 4.78 is 13.7. The summed E-state index contributed by atoms with van der Waals surface area (Å²) in [5.74, 6) is 1.13. The Morgan fingerprint density at radius 1 is 1.21 bits per heavy atom. The molecule has 2 heterocycles. The minimum absolute atomic E-state index is 0.0686. The third kappa shape index (κ3) is 4.76. The number of carbonyl (C=O) groups excluding carboxylic acids is 1. The Balaban J connectivity index is 1.66. The smallest absolute Gasteiger partial charge is 0.235 e. The van der Waals surface area contributed by atoms with Crippen molar-refractivity contribution in [3.8, 4) is 17.6 Å². The minimum atomic E-state index is -0.749. The molecule has 3 aromatic rings. The van der Waals surface area contributed by atoms with Gasteiger partial charge in [-0.25, -0.2) is 4.98 Å². The zero-order valence-corrected chi connectivity index (χ0v) is 19.0. The molecule has 1 atom stereocenters. The van der Waals surface area contributed by atoms with Crippen molar-refractivity contribution < 1.29 is 14.3 Å². The van der Waals surface area contributed by atoms with E-state index in [2.05, 4.69) is 11.1 Å². The Labute approximate surface area is 194 Å². The summed E-state index contributed by atoms with van der Waals surface area (Å²) in [6, 6.07) is 15.4. The van der Waals surface area contributed by atoms with Gasteiger partial charge in [0.25, 0.3) is 0 Å². The van der Waals surface area contributed by atoms with Crippen LogP contribution < -0.4 is 4.74 Å². The van der Waals surface area contributed by atoms with Crippen LogP contribution >= 0.6 is 0 Å². The monoisotopic (exact) mass is 444 g/mol. The molecular formula is C26H28N4O3. The van der Waals surface area contributed by atoms with Crippen LogP contribution in [0, 0.1) is 11.3 Å². The molecule has 0 radical (unpaired) electrons. The summed E-state index contributed by atoms with van der Waals surface area (Å²) in [6.07, 6.45) is 8.00. The molecule has 1 unspecified atom stereocenters. The lowest BCUT2D eigenvalue weighted by molar-refractivity contribution is -0.137. The maximum Gasteiger partial charge on any atom is 0.235 e. The summed E-state index contributed by atoms with van der Waals surface area (Å²) in [5.41, 5.74) is 1.57. The summed E-state index contributed by atoms with van der Waals surface area (Å²) >= 11 is 0. The normalized spacial score (nSPS) is 18.6. The molecule has 7 heteroatoms. The SMILES string of the molecule is COCC1(c2cccc(Oc3cc(Cn4ccnc4)ccc3C#N)c2)CCCCN(C)C1=O. The number of rotatable bonds is 7. The summed E-state index contributed by atoms with van der Waals surface area (Å²) in [5, 5.41) is 9.60. The number of nitriles is 1. The maximum absolute atomic E-state index is 13.4. The van der Waals surface area contributed by atoms with Crippen LogP contribution in [0.3, 0.4) is 0 Å². The fourth-order valence-electron chi connectivity index (χ4n) is 4.50. The number of amides is 1. The minimum Gasteiger partial charge on any atom is -0.456 e. The van der Waals surface area contributed by atoms with Crippen LogP contribution in [0.2, 0.25) is 0 Å². The number of ether oxygens (including phenoxy) is 2. The average molecular weight is 445 g/mol. The number of carbonyl (C=O) groups is 1. The number of hydrogen-bond donors (Lipinski definition) is 0. The number of nitrogens with zero attached hydrogens (tertiary/aromatic N) is 4. The van der Waals surface area contributed by atoms with Crippen LogP contribution in [-0.4, -0.2) is 47.7 Å². The molecule has 170 valence electrons. The zero-order valence-electron chi connectivity index (χ0n) is 19.0. The van der Waals surface area contributed by atoms with Gasteiger partial charge in [0.1, 0.15) is 17.6 Å². The molecule has 33 heavy (non-hydrogen) atoms. The number of likely N-dealkylation sites (tertiary alicyclic amines) is 1. The molecule has 0 aliphatic carbocycles. The average Bonchev–Trinajstić information content (AvgIpc) is 3.29. The highest BCUT2D eigenvalue weighted by atomic mass is 16.5. The van der Waals surface area contributed by atoms with Crippen molar-refractivity contribution in [1.82, 2.24) is 14.5 Å². The molecule has 1 amide bonds. The Hall–Kier alpha value is -3.63. The van der Waals surface area contributed by atoms with E-state index >= 15 is 0 Å². The molecule has 1 aliphatic rings. The summed E-state index contributed by atoms with van der Waals surface area (Å²) in [7, 11) is 3.48. The van der Waals surface area contributed by atoms with Gasteiger partial charge in [-0.3, -0.25) is 4.79 Å². The molecule has 0 bridgehead atoms. The van der Waals surface area contributed by atoms with Gasteiger partial charge in [0.05, 0.1) is 23.9 Å². The van der Waals surface area contributed by atoms with E-state index in [9.17, 15) is 10.1 Å². The first-order valence-electron chi connectivity index (χ1n) is 11.1. The fraction of sp³-hybridized carbons (Fsp3) is 0.346. The number of aromatic nitrogens is 2. The first-order chi connectivity index (χ1) is 16.1. The predicted molar refractivity (Wildman–Crippen MR) is 124 cm³/mol. The standard InChI is InChI=1S/C26H28N4O3/c1-29-12-4-3-10-26(18-32-2,25(29)31)22-6-5-7-23(15-22)33-24-14-20(8-9-21(24)16-27)17-30-13-11-28-19-30/h5-9,11,13-15,19H,3-4,10,12,17-18H2,1-2H3. The Bertz CT molecular complexity index is 1150. The van der Waals surface area contributed by atoms with E-state index in [1.165, 1.54) is 0 Å². The highest BCUT2D eigenvalue weighted by Crippen LogP contribution is 2.37. The molecule has 1 fully saturated rings. The second-order valence-electron chi connectivity index (χ2n) is 8.51. The second kappa shape index (κ2) is 9.88. The first-order valence-corrected chi connectivity index (χ1v) is 11.1. The topological polar surface area (TPSA) is 80.4 Å². The number of imidazole rings is 1. The van der Waals surface area contributed by atoms with Crippen LogP contribution in [0.1, 0.15) is 36.0 Å². The van der Waals surface area contributed by atoms with E-state index in [4.69, 9.17) is 9.47 Å². The van der Waals surface area contributed by atoms with Crippen molar-refractivity contribution in [2.75, 3.05) is 27.3 Å². The third-order valence-electron chi connectivity index (χ3n) is 6.20. The lowest BCUT2D eigenvalue weighted by Crippen LogP contribution is -2.47. The highest BCUT2D eigenvalue weighted by molar-refractivity contribution is 5.88. The number of benzene rings is 2. The van der Waals surface area contributed by atoms with Crippen LogP contribution in [-0.2, 0) is 21.5 Å². The lowest BCUT2D eigenvalue weighted by Gasteiger charge is -2.33. The Kier molecular flexibility index (Phi) is 6.76. The van der Waals surface area contributed by atoms with Gasteiger partial charge in [-0.15, -0.1) is 0 Å². The number of hydrogen-bond acceptors (Lipinski definition) is 5. The zero-order chi connectivity index (χ0) is 23.3. The molecule has 0 spiro atoms. The van der Waals surface area contributed by atoms with Crippen LogP contribution in [0.4, 0.5) is 0 Å². The molecule has 7 nitrogen and oxygen atoms in total. The fourth-order valence-corrected chi connectivity index (χ4v) is 4.50. The van der Waals surface area contributed by atoms with E-state index in [0.29, 0.717) is 30.2 Å². The van der Waals surface area contributed by atoms with E-state index in [1.54, 1.807) is 30.6 Å². The van der Waals surface area contributed by atoms with Crippen LogP contribution in [0.25, 0.3) is 0 Å². The van der Waals surface area contributed by atoms with Gasteiger partial charge in [-0.1, -0.05) is 24.6 Å². The predicted octanol–water partition coefficient (Wildman–Crippen LogP) is 4.12. The molecular weight excluding hydrogens is 416 g/mol. The highest BCUT2D eigenvalue weighted by Gasteiger charge is 2.43. The van der Waals surface area contributed by atoms with Gasteiger partial charge >= 0.3 is 0 Å². The second-order valence-corrected chi connectivity index (χ2v) is 8.51. The van der Waals surface area contributed by atoms with Gasteiger partial charge in [-0.2, -0.15) is 5.26 Å². The van der Waals surface area contributed by atoms with E-state index < -0.39 is 5.41 Å². The molecule has 1 saturated heterocycles. The first kappa shape index (κ1) is 22.6. The van der Waals surface area contributed by atoms with Gasteiger partial charge in [0.2, 0.25) is 5.91 Å². The van der Waals surface area contributed by atoms with E-state index in [0.717, 1.165) is 36.9 Å². The lowest BCUT2D eigenvalue weighted by atomic mass is 9.76. The van der Waals surface area contributed by atoms with Crippen molar-refractivity contribution in [2.24, 2.45) is 0 Å². The Morgan fingerprint density at radius 2 is 2.09 bits per heavy atom. The number of methoxy groups -OCH3 is 1. The third-order valence-corrected chi connectivity index (χ3v) is 6.20. The van der Waals surface area contributed by atoms with Crippen molar-refractivity contribution in [3.63, 3.8) is 0 Å². The van der Waals surface area contributed by atoms with Crippen LogP contribution in [0.15, 0.2) is 61.2 Å². The molecule has 0 saturated carbocycles. The van der Waals surface area contributed by atoms with Crippen molar-refractivity contribution >= 4 is 5.91 Å². The van der Waals surface area contributed by atoms with E-state index in [1.807, 2.05) is 54.2 Å². The summed E-state index contributed by atoms with van der Waals surface area (Å²) in [4.78, 5) is 19.3. The van der Waals surface area contributed by atoms with E-state index in [-0.39, 0.29) is 5.91 Å². The van der Waals surface area contributed by atoms with Gasteiger partial charge in [-0.05, 0) is 48.2 Å². The quantitative estimate of drug-likeness (QED) is 0.548. The summed E-state index contributed by atoms with van der Waals surface area (Å²) in [6.45, 7) is 1.68. The molecule has 4 rings (SSSR count). The van der Waals surface area contributed by atoms with Gasteiger partial charge < -0.3 is 18.9 Å². The van der Waals surface area contributed by atoms with Crippen molar-refractivity contribution in [3.05, 3.63) is 77.9 Å². The molecule has 1 aliphatic heterocycles. The molecule has 0 N–H and O–H groups in total.